The number of aromatic nitrogens is 1. The number of nitrogens with zero attached hydrogens (tertiary/aromatic N) is 3. The summed E-state index contributed by atoms with van der Waals surface area (Å²) >= 11 is 0. The number of hydrogen-bond acceptors (Lipinski definition) is 8. The maximum absolute atomic E-state index is 13.6. The van der Waals surface area contributed by atoms with Crippen LogP contribution in [0.3, 0.4) is 0 Å². The van der Waals surface area contributed by atoms with E-state index in [9.17, 15) is 18.8 Å². The van der Waals surface area contributed by atoms with Crippen molar-refractivity contribution in [1.29, 1.82) is 0 Å². The first-order valence-electron chi connectivity index (χ1n) is 11.7. The van der Waals surface area contributed by atoms with Gasteiger partial charge >= 0.3 is 6.03 Å². The molecule has 3 aromatic rings. The Balaban J connectivity index is 0.000000139. The number of likely N-dealkylation sites (N-methyl/N-ethyl adjacent to an activating group) is 1. The Morgan fingerprint density at radius 2 is 1.89 bits per heavy atom. The predicted molar refractivity (Wildman–Crippen MR) is 133 cm³/mol. The van der Waals surface area contributed by atoms with Crippen molar-refractivity contribution in [2.45, 2.75) is 12.6 Å². The number of ether oxygens (including phenoxy) is 1. The Morgan fingerprint density at radius 1 is 1.14 bits per heavy atom. The number of carbonyl (C=O) groups is 3. The molecule has 11 nitrogen and oxygen atoms in total. The normalized spacial score (nSPS) is 18.9. The molecule has 0 bridgehead atoms. The highest BCUT2D eigenvalue weighted by Crippen LogP contribution is 2.29. The average Bonchev–Trinajstić information content (AvgIpc) is 3.55. The van der Waals surface area contributed by atoms with E-state index in [1.807, 2.05) is 0 Å². The lowest BCUT2D eigenvalue weighted by Gasteiger charge is -2.21. The summed E-state index contributed by atoms with van der Waals surface area (Å²) in [7, 11) is 5.18. The van der Waals surface area contributed by atoms with E-state index in [1.165, 1.54) is 25.1 Å². The van der Waals surface area contributed by atoms with Crippen molar-refractivity contribution < 1.29 is 27.9 Å². The molecule has 3 aliphatic rings. The van der Waals surface area contributed by atoms with Gasteiger partial charge in [-0.25, -0.2) is 9.18 Å². The summed E-state index contributed by atoms with van der Waals surface area (Å²) < 4.78 is 23.9. The number of piperazine rings is 1. The fraction of sp³-hybridized carbons (Fsp3) is 0.360. The molecular weight excluding hydrogens is 483 g/mol. The van der Waals surface area contributed by atoms with E-state index < -0.39 is 23.8 Å². The molecule has 1 atom stereocenters. The van der Waals surface area contributed by atoms with Crippen LogP contribution in [-0.4, -0.2) is 80.0 Å². The van der Waals surface area contributed by atoms with Gasteiger partial charge in [-0.2, -0.15) is 0 Å². The van der Waals surface area contributed by atoms with Crippen LogP contribution in [0.4, 0.5) is 9.18 Å². The first kappa shape index (κ1) is 26.0. The molecule has 0 aliphatic carbocycles. The van der Waals surface area contributed by atoms with Gasteiger partial charge < -0.3 is 29.6 Å². The van der Waals surface area contributed by atoms with Crippen LogP contribution in [-0.2, 0) is 11.3 Å². The maximum atomic E-state index is 13.6. The highest BCUT2D eigenvalue weighted by Gasteiger charge is 2.33. The highest BCUT2D eigenvalue weighted by atomic mass is 19.1. The van der Waals surface area contributed by atoms with Crippen molar-refractivity contribution in [2.75, 3.05) is 47.4 Å². The molecule has 0 radical (unpaired) electrons. The highest BCUT2D eigenvalue weighted by molar-refractivity contribution is 6.04. The van der Waals surface area contributed by atoms with Gasteiger partial charge in [-0.05, 0) is 30.8 Å². The van der Waals surface area contributed by atoms with Gasteiger partial charge in [-0.3, -0.25) is 19.9 Å². The number of imide groups is 1. The molecule has 37 heavy (non-hydrogen) atoms. The summed E-state index contributed by atoms with van der Waals surface area (Å²) in [5.74, 6) is -0.746. The van der Waals surface area contributed by atoms with Gasteiger partial charge in [0, 0.05) is 52.0 Å². The van der Waals surface area contributed by atoms with Crippen molar-refractivity contribution >= 4 is 28.9 Å². The monoisotopic (exact) mass is 512 g/mol. The molecule has 1 unspecified atom stereocenters. The average molecular weight is 513 g/mol. The fourth-order valence-corrected chi connectivity index (χ4v) is 4.06. The van der Waals surface area contributed by atoms with Crippen molar-refractivity contribution in [3.05, 3.63) is 59.2 Å². The third-order valence-corrected chi connectivity index (χ3v) is 6.09. The number of urea groups is 1. The number of methoxy groups -OCH3 is 1. The van der Waals surface area contributed by atoms with E-state index in [0.29, 0.717) is 23.4 Å². The molecule has 2 aromatic heterocycles. The number of pyridine rings is 1. The van der Waals surface area contributed by atoms with Crippen molar-refractivity contribution in [2.24, 2.45) is 0 Å². The number of carbonyl (C=O) groups excluding carboxylic acids is 3. The van der Waals surface area contributed by atoms with Crippen molar-refractivity contribution in [3.8, 4) is 5.75 Å². The molecule has 5 heterocycles. The van der Waals surface area contributed by atoms with Crippen LogP contribution in [0.2, 0.25) is 0 Å². The Bertz CT molecular complexity index is 1270. The second-order valence-electron chi connectivity index (χ2n) is 8.76. The zero-order chi connectivity index (χ0) is 26.5. The number of benzene rings is 1. The first-order chi connectivity index (χ1) is 17.8. The van der Waals surface area contributed by atoms with Crippen LogP contribution >= 0.6 is 0 Å². The summed E-state index contributed by atoms with van der Waals surface area (Å²) in [6.07, 6.45) is 1.63. The molecule has 1 aromatic carbocycles. The standard InChI is InChI=1S/C10H10FNO2.C10H7N3O3.C5H12N2/c1-12-5-6-3-4-7(14-2)9(11)8(6)10(12)13;14-9-8(12-10(15)13-9)7-4-5-6(16-7)2-1-3-11-5;1-7-4-2-6-3-5-7/h3-4H,5H2,1-2H3;1-4,8H,(H2,12,13,14,15);6H,2-5H2,1H3. The third-order valence-electron chi connectivity index (χ3n) is 6.09. The van der Waals surface area contributed by atoms with Gasteiger partial charge in [0.2, 0.25) is 0 Å². The van der Waals surface area contributed by atoms with E-state index >= 15 is 0 Å². The number of amides is 4. The zero-order valence-electron chi connectivity index (χ0n) is 20.8. The molecule has 6 rings (SSSR count). The Labute approximate surface area is 212 Å². The third kappa shape index (κ3) is 5.87. The summed E-state index contributed by atoms with van der Waals surface area (Å²) in [5, 5.41) is 7.87. The summed E-state index contributed by atoms with van der Waals surface area (Å²) in [6.45, 7) is 5.21. The van der Waals surface area contributed by atoms with Gasteiger partial charge in [0.05, 0.1) is 12.7 Å². The van der Waals surface area contributed by atoms with Crippen LogP contribution in [0, 0.1) is 5.82 Å². The minimum Gasteiger partial charge on any atom is -0.494 e. The van der Waals surface area contributed by atoms with Gasteiger partial charge in [0.1, 0.15) is 11.3 Å². The molecule has 0 saturated carbocycles. The van der Waals surface area contributed by atoms with E-state index in [1.54, 1.807) is 43.6 Å². The Kier molecular flexibility index (Phi) is 7.99. The number of rotatable bonds is 2. The van der Waals surface area contributed by atoms with Gasteiger partial charge in [-0.1, -0.05) is 6.07 Å². The Hall–Kier alpha value is -4.03. The van der Waals surface area contributed by atoms with Gasteiger partial charge in [0.15, 0.2) is 23.2 Å². The largest absolute Gasteiger partial charge is 0.494 e. The topological polar surface area (TPSA) is 129 Å². The maximum Gasteiger partial charge on any atom is 0.322 e. The van der Waals surface area contributed by atoms with Crippen molar-refractivity contribution in [3.63, 3.8) is 0 Å². The molecule has 4 amide bonds. The summed E-state index contributed by atoms with van der Waals surface area (Å²) in [5.41, 5.74) is 2.11. The van der Waals surface area contributed by atoms with Crippen LogP contribution in [0.5, 0.6) is 5.75 Å². The molecular formula is C25H29FN6O5. The predicted octanol–water partition coefficient (Wildman–Crippen LogP) is 1.65. The number of furan rings is 1. The minimum atomic E-state index is -0.762. The number of nitrogens with one attached hydrogen (secondary N) is 3. The quantitative estimate of drug-likeness (QED) is 0.442. The molecule has 3 aliphatic heterocycles. The van der Waals surface area contributed by atoms with E-state index in [2.05, 4.69) is 32.9 Å². The van der Waals surface area contributed by atoms with Crippen LogP contribution in [0.1, 0.15) is 27.7 Å². The number of hydrogen-bond donors (Lipinski definition) is 3. The van der Waals surface area contributed by atoms with Gasteiger partial charge in [0.25, 0.3) is 11.8 Å². The zero-order valence-corrected chi connectivity index (χ0v) is 20.8. The van der Waals surface area contributed by atoms with E-state index in [4.69, 9.17) is 9.15 Å². The smallest absolute Gasteiger partial charge is 0.322 e. The number of fused-ring (bicyclic) bond motifs is 2. The second-order valence-corrected chi connectivity index (χ2v) is 8.76. The minimum absolute atomic E-state index is 0.118. The molecule has 196 valence electrons. The fourth-order valence-electron chi connectivity index (χ4n) is 4.06. The summed E-state index contributed by atoms with van der Waals surface area (Å²) in [4.78, 5) is 41.7. The molecule has 12 heteroatoms. The molecule has 2 saturated heterocycles. The van der Waals surface area contributed by atoms with Gasteiger partial charge in [-0.15, -0.1) is 0 Å². The summed E-state index contributed by atoms with van der Waals surface area (Å²) in [6, 6.07) is 7.12. The van der Waals surface area contributed by atoms with Crippen LogP contribution < -0.4 is 20.7 Å². The SMILES string of the molecule is CN1CCNCC1.COc1ccc2c(c1F)C(=O)N(C)C2.O=C1NC(=O)C(c2cc3ncccc3o2)N1. The lowest BCUT2D eigenvalue weighted by molar-refractivity contribution is -0.120. The first-order valence-corrected chi connectivity index (χ1v) is 11.7. The van der Waals surface area contributed by atoms with E-state index in [-0.39, 0.29) is 17.2 Å². The molecule has 3 N–H and O–H groups in total. The van der Waals surface area contributed by atoms with E-state index in [0.717, 1.165) is 18.7 Å². The molecule has 2 fully saturated rings. The Morgan fingerprint density at radius 3 is 2.49 bits per heavy atom. The number of halogens is 1. The molecule has 0 spiro atoms. The lowest BCUT2D eigenvalue weighted by Crippen LogP contribution is -2.40. The van der Waals surface area contributed by atoms with Crippen molar-refractivity contribution in [1.82, 2.24) is 30.7 Å². The second kappa shape index (κ2) is 11.4. The lowest BCUT2D eigenvalue weighted by atomic mass is 10.1. The van der Waals surface area contributed by atoms with Crippen LogP contribution in [0.25, 0.3) is 11.1 Å². The van der Waals surface area contributed by atoms with Crippen LogP contribution in [0.15, 0.2) is 40.9 Å².